The lowest BCUT2D eigenvalue weighted by Crippen LogP contribution is -2.20. The zero-order valence-electron chi connectivity index (χ0n) is 9.93. The van der Waals surface area contributed by atoms with Gasteiger partial charge in [0.15, 0.2) is 5.78 Å². The minimum Gasteiger partial charge on any atom is -0.293 e. The highest BCUT2D eigenvalue weighted by Gasteiger charge is 2.24. The number of thiophene rings is 1. The van der Waals surface area contributed by atoms with Crippen LogP contribution in [0.3, 0.4) is 0 Å². The molecule has 1 unspecified atom stereocenters. The molecule has 0 saturated heterocycles. The van der Waals surface area contributed by atoms with E-state index in [1.807, 2.05) is 0 Å². The lowest BCUT2D eigenvalue weighted by atomic mass is 9.79. The Hall–Kier alpha value is 0.140. The summed E-state index contributed by atoms with van der Waals surface area (Å²) in [6.07, 6.45) is 0.576. The molecule has 0 saturated carbocycles. The maximum absolute atomic E-state index is 12.0. The number of carbonyl (C=O) groups is 1. The quantitative estimate of drug-likeness (QED) is 0.679. The van der Waals surface area contributed by atoms with Crippen molar-refractivity contribution in [3.8, 4) is 0 Å². The standard InChI is InChI=1S/C12H16BrClOS/c1-7(12(2,3)4)5-9(15)10-6-8(14)11(13)16-10/h6-7H,5H2,1-4H3. The van der Waals surface area contributed by atoms with Gasteiger partial charge in [0.2, 0.25) is 0 Å². The number of halogens is 2. The van der Waals surface area contributed by atoms with Crippen molar-refractivity contribution < 1.29 is 4.79 Å². The minimum atomic E-state index is 0.161. The highest BCUT2D eigenvalue weighted by atomic mass is 79.9. The molecule has 0 radical (unpaired) electrons. The molecule has 1 rings (SSSR count). The van der Waals surface area contributed by atoms with E-state index in [1.54, 1.807) is 6.07 Å². The molecule has 1 atom stereocenters. The zero-order chi connectivity index (χ0) is 12.5. The molecule has 0 amide bonds. The third-order valence-electron chi connectivity index (χ3n) is 2.89. The van der Waals surface area contributed by atoms with Crippen molar-refractivity contribution in [2.24, 2.45) is 11.3 Å². The highest BCUT2D eigenvalue weighted by Crippen LogP contribution is 2.35. The molecule has 90 valence electrons. The fourth-order valence-electron chi connectivity index (χ4n) is 1.17. The third-order valence-corrected chi connectivity index (χ3v) is 5.41. The summed E-state index contributed by atoms with van der Waals surface area (Å²) in [5.74, 6) is 0.541. The van der Waals surface area contributed by atoms with Crippen LogP contribution in [0.4, 0.5) is 0 Å². The van der Waals surface area contributed by atoms with Crippen molar-refractivity contribution in [1.82, 2.24) is 0 Å². The van der Waals surface area contributed by atoms with Crippen LogP contribution in [0.25, 0.3) is 0 Å². The largest absolute Gasteiger partial charge is 0.293 e. The predicted octanol–water partition coefficient (Wildman–Crippen LogP) is 5.42. The summed E-state index contributed by atoms with van der Waals surface area (Å²) in [4.78, 5) is 12.7. The summed E-state index contributed by atoms with van der Waals surface area (Å²) in [6, 6.07) is 1.74. The summed E-state index contributed by atoms with van der Waals surface area (Å²) in [6.45, 7) is 8.58. The van der Waals surface area contributed by atoms with Crippen molar-refractivity contribution in [1.29, 1.82) is 0 Å². The summed E-state index contributed by atoms with van der Waals surface area (Å²) < 4.78 is 0.834. The number of hydrogen-bond donors (Lipinski definition) is 0. The zero-order valence-corrected chi connectivity index (χ0v) is 13.1. The van der Waals surface area contributed by atoms with Crippen molar-refractivity contribution in [2.75, 3.05) is 0 Å². The van der Waals surface area contributed by atoms with Gasteiger partial charge in [-0.25, -0.2) is 0 Å². The van der Waals surface area contributed by atoms with Gasteiger partial charge < -0.3 is 0 Å². The van der Waals surface area contributed by atoms with E-state index in [0.717, 1.165) is 8.66 Å². The van der Waals surface area contributed by atoms with E-state index < -0.39 is 0 Å². The van der Waals surface area contributed by atoms with Crippen molar-refractivity contribution in [3.05, 3.63) is 19.8 Å². The van der Waals surface area contributed by atoms with Crippen LogP contribution in [-0.2, 0) is 0 Å². The Kier molecular flexibility index (Phi) is 4.61. The van der Waals surface area contributed by atoms with Gasteiger partial charge in [-0.1, -0.05) is 39.3 Å². The second kappa shape index (κ2) is 5.19. The molecule has 0 bridgehead atoms. The fourth-order valence-corrected chi connectivity index (χ4v) is 2.82. The number of Topliss-reactive ketones (excluding diaryl/α,β-unsaturated/α-hetero) is 1. The summed E-state index contributed by atoms with van der Waals surface area (Å²) in [5.41, 5.74) is 0.161. The number of rotatable bonds is 3. The Morgan fingerprint density at radius 2 is 2.12 bits per heavy atom. The van der Waals surface area contributed by atoms with E-state index >= 15 is 0 Å². The van der Waals surface area contributed by atoms with E-state index in [1.165, 1.54) is 11.3 Å². The Balaban J connectivity index is 2.73. The fraction of sp³-hybridized carbons (Fsp3) is 0.583. The third kappa shape index (κ3) is 3.57. The topological polar surface area (TPSA) is 17.1 Å². The molecule has 1 heterocycles. The normalized spacial score (nSPS) is 13.9. The average molecular weight is 324 g/mol. The average Bonchev–Trinajstić information content (AvgIpc) is 2.45. The molecule has 4 heteroatoms. The van der Waals surface area contributed by atoms with Crippen molar-refractivity contribution >= 4 is 44.7 Å². The molecular weight excluding hydrogens is 308 g/mol. The van der Waals surface area contributed by atoms with Gasteiger partial charge >= 0.3 is 0 Å². The molecule has 0 spiro atoms. The first-order valence-electron chi connectivity index (χ1n) is 5.20. The van der Waals surface area contributed by atoms with Crippen LogP contribution in [0.1, 0.15) is 43.8 Å². The van der Waals surface area contributed by atoms with Gasteiger partial charge in [-0.05, 0) is 33.3 Å². The monoisotopic (exact) mass is 322 g/mol. The van der Waals surface area contributed by atoms with Crippen LogP contribution in [0.15, 0.2) is 9.85 Å². The molecule has 0 aliphatic rings. The van der Waals surface area contributed by atoms with Crippen LogP contribution in [0.5, 0.6) is 0 Å². The molecule has 0 fully saturated rings. The van der Waals surface area contributed by atoms with E-state index in [9.17, 15) is 4.79 Å². The molecule has 1 aromatic heterocycles. The van der Waals surface area contributed by atoms with E-state index in [2.05, 4.69) is 43.6 Å². The van der Waals surface area contributed by atoms with Gasteiger partial charge in [-0.2, -0.15) is 0 Å². The summed E-state index contributed by atoms with van der Waals surface area (Å²) in [7, 11) is 0. The highest BCUT2D eigenvalue weighted by molar-refractivity contribution is 9.11. The van der Waals surface area contributed by atoms with E-state index in [-0.39, 0.29) is 11.2 Å². The van der Waals surface area contributed by atoms with Gasteiger partial charge in [0.1, 0.15) is 0 Å². The molecule has 0 N–H and O–H groups in total. The maximum Gasteiger partial charge on any atom is 0.173 e. The first-order chi connectivity index (χ1) is 7.21. The maximum atomic E-state index is 12.0. The molecule has 1 nitrogen and oxygen atoms in total. The van der Waals surface area contributed by atoms with Crippen LogP contribution >= 0.6 is 38.9 Å². The van der Waals surface area contributed by atoms with E-state index in [4.69, 9.17) is 11.6 Å². The summed E-state index contributed by atoms with van der Waals surface area (Å²) >= 11 is 10.6. The molecule has 16 heavy (non-hydrogen) atoms. The lowest BCUT2D eigenvalue weighted by Gasteiger charge is -2.26. The van der Waals surface area contributed by atoms with Gasteiger partial charge in [-0.15, -0.1) is 11.3 Å². The van der Waals surface area contributed by atoms with Crippen LogP contribution < -0.4 is 0 Å². The van der Waals surface area contributed by atoms with Crippen molar-refractivity contribution in [2.45, 2.75) is 34.1 Å². The number of ketones is 1. The van der Waals surface area contributed by atoms with E-state index in [0.29, 0.717) is 17.4 Å². The molecule has 0 aliphatic heterocycles. The Bertz CT molecular complexity index is 373. The smallest absolute Gasteiger partial charge is 0.173 e. The van der Waals surface area contributed by atoms with Crippen LogP contribution in [0, 0.1) is 11.3 Å². The van der Waals surface area contributed by atoms with Gasteiger partial charge in [-0.3, -0.25) is 4.79 Å². The molecular formula is C12H16BrClOS. The minimum absolute atomic E-state index is 0.161. The van der Waals surface area contributed by atoms with Gasteiger partial charge in [0, 0.05) is 6.42 Å². The molecule has 0 aliphatic carbocycles. The number of hydrogen-bond acceptors (Lipinski definition) is 2. The number of carbonyl (C=O) groups excluding carboxylic acids is 1. The first kappa shape index (κ1) is 14.2. The Labute approximate surface area is 114 Å². The van der Waals surface area contributed by atoms with Crippen molar-refractivity contribution in [3.63, 3.8) is 0 Å². The molecule has 1 aromatic rings. The van der Waals surface area contributed by atoms with Crippen LogP contribution in [0.2, 0.25) is 5.02 Å². The van der Waals surface area contributed by atoms with Crippen LogP contribution in [-0.4, -0.2) is 5.78 Å². The van der Waals surface area contributed by atoms with Gasteiger partial charge in [0.05, 0.1) is 13.7 Å². The molecule has 0 aromatic carbocycles. The summed E-state index contributed by atoms with van der Waals surface area (Å²) in [5, 5.41) is 0.622. The Morgan fingerprint density at radius 3 is 2.50 bits per heavy atom. The lowest BCUT2D eigenvalue weighted by molar-refractivity contribution is 0.0931. The SMILES string of the molecule is CC(CC(=O)c1cc(Cl)c(Br)s1)C(C)(C)C. The first-order valence-corrected chi connectivity index (χ1v) is 7.18. The predicted molar refractivity (Wildman–Crippen MR) is 74.6 cm³/mol. The second-order valence-corrected chi connectivity index (χ2v) is 7.90. The van der Waals surface area contributed by atoms with Gasteiger partial charge in [0.25, 0.3) is 0 Å². The Morgan fingerprint density at radius 1 is 1.56 bits per heavy atom. The second-order valence-electron chi connectivity index (χ2n) is 5.13.